The topological polar surface area (TPSA) is 58.1 Å². The fraction of sp³-hybridized carbons (Fsp3) is 0.667. The maximum Gasteiger partial charge on any atom is 0.165 e. The van der Waals surface area contributed by atoms with Crippen molar-refractivity contribution in [3.8, 4) is 0 Å². The fourth-order valence-electron chi connectivity index (χ4n) is 0.955. The summed E-state index contributed by atoms with van der Waals surface area (Å²) in [5.74, 6) is 0.858. The van der Waals surface area contributed by atoms with Gasteiger partial charge in [-0.3, -0.25) is 0 Å². The first-order chi connectivity index (χ1) is 6.86. The number of imidazole rings is 1. The minimum absolute atomic E-state index is 0.0887. The van der Waals surface area contributed by atoms with Gasteiger partial charge in [0.25, 0.3) is 0 Å². The average molecular weight is 216 g/mol. The molecular formula is C9H16N2O2S. The number of H-pyrrole nitrogens is 1. The number of aromatic amines is 1. The van der Waals surface area contributed by atoms with Crippen molar-refractivity contribution < 1.29 is 9.84 Å². The van der Waals surface area contributed by atoms with Crippen molar-refractivity contribution in [2.45, 2.75) is 18.5 Å². The number of ether oxygens (including phenoxy) is 1. The Morgan fingerprint density at radius 1 is 1.57 bits per heavy atom. The molecule has 0 aromatic carbocycles. The number of rotatable bonds is 7. The summed E-state index contributed by atoms with van der Waals surface area (Å²) in [7, 11) is 0. The van der Waals surface area contributed by atoms with Gasteiger partial charge in [0, 0.05) is 17.6 Å². The van der Waals surface area contributed by atoms with Crippen molar-refractivity contribution in [1.82, 2.24) is 9.97 Å². The molecular weight excluding hydrogens is 200 g/mol. The lowest BCUT2D eigenvalue weighted by Crippen LogP contribution is -2.02. The summed E-state index contributed by atoms with van der Waals surface area (Å²) in [4.78, 5) is 7.41. The Bertz CT molecular complexity index is 253. The van der Waals surface area contributed by atoms with Gasteiger partial charge in [0.2, 0.25) is 0 Å². The Labute approximate surface area is 88.1 Å². The lowest BCUT2D eigenvalue weighted by molar-refractivity contribution is 0.103. The van der Waals surface area contributed by atoms with E-state index >= 15 is 0 Å². The lowest BCUT2D eigenvalue weighted by atomic mass is 10.4. The summed E-state index contributed by atoms with van der Waals surface area (Å²) in [5.41, 5.74) is 1.16. The second kappa shape index (κ2) is 6.86. The molecule has 0 bridgehead atoms. The molecule has 80 valence electrons. The maximum atomic E-state index is 8.47. The zero-order valence-corrected chi connectivity index (χ0v) is 9.14. The number of hydrogen-bond donors (Lipinski definition) is 2. The number of aliphatic hydroxyl groups is 1. The molecule has 1 heterocycles. The Balaban J connectivity index is 2.12. The first kappa shape index (κ1) is 11.6. The number of aromatic nitrogens is 2. The van der Waals surface area contributed by atoms with Crippen LogP contribution in [0.1, 0.15) is 12.6 Å². The SMILES string of the molecule is CCc1cnc(SCCOCCO)[nH]1. The van der Waals surface area contributed by atoms with Gasteiger partial charge in [0.05, 0.1) is 19.8 Å². The van der Waals surface area contributed by atoms with E-state index in [1.807, 2.05) is 6.20 Å². The van der Waals surface area contributed by atoms with Gasteiger partial charge in [-0.05, 0) is 6.42 Å². The molecule has 5 heteroatoms. The van der Waals surface area contributed by atoms with Crippen molar-refractivity contribution in [2.75, 3.05) is 25.6 Å². The molecule has 0 fully saturated rings. The minimum atomic E-state index is 0.0887. The molecule has 0 radical (unpaired) electrons. The molecule has 2 N–H and O–H groups in total. The second-order valence-electron chi connectivity index (χ2n) is 2.75. The van der Waals surface area contributed by atoms with Crippen LogP contribution in [0.25, 0.3) is 0 Å². The van der Waals surface area contributed by atoms with Gasteiger partial charge in [-0.2, -0.15) is 0 Å². The van der Waals surface area contributed by atoms with Crippen molar-refractivity contribution in [2.24, 2.45) is 0 Å². The van der Waals surface area contributed by atoms with E-state index in [1.165, 1.54) is 0 Å². The van der Waals surface area contributed by atoms with Crippen LogP contribution in [0.15, 0.2) is 11.4 Å². The third kappa shape index (κ3) is 4.13. The number of thioether (sulfide) groups is 1. The van der Waals surface area contributed by atoms with Crippen molar-refractivity contribution >= 4 is 11.8 Å². The standard InChI is InChI=1S/C9H16N2O2S/c1-2-8-7-10-9(11-8)14-6-5-13-4-3-12/h7,12H,2-6H2,1H3,(H,10,11). The first-order valence-corrected chi connectivity index (χ1v) is 5.70. The minimum Gasteiger partial charge on any atom is -0.394 e. The van der Waals surface area contributed by atoms with E-state index in [1.54, 1.807) is 11.8 Å². The summed E-state index contributed by atoms with van der Waals surface area (Å²) in [6, 6.07) is 0. The molecule has 0 spiro atoms. The van der Waals surface area contributed by atoms with Crippen molar-refractivity contribution in [3.63, 3.8) is 0 Å². The Kier molecular flexibility index (Phi) is 5.66. The molecule has 14 heavy (non-hydrogen) atoms. The highest BCUT2D eigenvalue weighted by Gasteiger charge is 1.98. The highest BCUT2D eigenvalue weighted by Crippen LogP contribution is 2.13. The lowest BCUT2D eigenvalue weighted by Gasteiger charge is -1.99. The van der Waals surface area contributed by atoms with Gasteiger partial charge in [0.15, 0.2) is 5.16 Å². The molecule has 0 saturated carbocycles. The largest absolute Gasteiger partial charge is 0.394 e. The Morgan fingerprint density at radius 3 is 3.07 bits per heavy atom. The predicted molar refractivity (Wildman–Crippen MR) is 56.6 cm³/mol. The summed E-state index contributed by atoms with van der Waals surface area (Å²) >= 11 is 1.63. The van der Waals surface area contributed by atoms with Crippen LogP contribution in [0.3, 0.4) is 0 Å². The van der Waals surface area contributed by atoms with Crippen LogP contribution in [-0.2, 0) is 11.2 Å². The van der Waals surface area contributed by atoms with Crippen molar-refractivity contribution in [3.05, 3.63) is 11.9 Å². The number of nitrogens with zero attached hydrogens (tertiary/aromatic N) is 1. The summed E-state index contributed by atoms with van der Waals surface area (Å²) < 4.78 is 5.13. The van der Waals surface area contributed by atoms with E-state index in [9.17, 15) is 0 Å². The molecule has 0 atom stereocenters. The molecule has 1 aromatic heterocycles. The number of hydrogen-bond acceptors (Lipinski definition) is 4. The van der Waals surface area contributed by atoms with E-state index in [4.69, 9.17) is 9.84 Å². The highest BCUT2D eigenvalue weighted by atomic mass is 32.2. The van der Waals surface area contributed by atoms with Crippen LogP contribution in [0.4, 0.5) is 0 Å². The van der Waals surface area contributed by atoms with Gasteiger partial charge in [-0.25, -0.2) is 4.98 Å². The third-order valence-electron chi connectivity index (χ3n) is 1.69. The smallest absolute Gasteiger partial charge is 0.165 e. The predicted octanol–water partition coefficient (Wildman–Crippen LogP) is 1.07. The molecule has 1 aromatic rings. The molecule has 0 saturated heterocycles. The van der Waals surface area contributed by atoms with Crippen LogP contribution < -0.4 is 0 Å². The maximum absolute atomic E-state index is 8.47. The summed E-state index contributed by atoms with van der Waals surface area (Å²) in [6.07, 6.45) is 2.84. The van der Waals surface area contributed by atoms with E-state index in [-0.39, 0.29) is 6.61 Å². The van der Waals surface area contributed by atoms with Crippen LogP contribution in [0.5, 0.6) is 0 Å². The number of aliphatic hydroxyl groups excluding tert-OH is 1. The van der Waals surface area contributed by atoms with Crippen LogP contribution in [-0.4, -0.2) is 40.6 Å². The normalized spacial score (nSPS) is 10.7. The molecule has 0 aliphatic rings. The van der Waals surface area contributed by atoms with E-state index in [0.717, 1.165) is 23.0 Å². The molecule has 0 aliphatic carbocycles. The van der Waals surface area contributed by atoms with Gasteiger partial charge in [-0.1, -0.05) is 18.7 Å². The fourth-order valence-corrected chi connectivity index (χ4v) is 1.68. The average Bonchev–Trinajstić information content (AvgIpc) is 2.65. The molecule has 0 amide bonds. The molecule has 1 rings (SSSR count). The summed E-state index contributed by atoms with van der Waals surface area (Å²) in [5, 5.41) is 9.41. The van der Waals surface area contributed by atoms with Gasteiger partial charge in [-0.15, -0.1) is 0 Å². The van der Waals surface area contributed by atoms with E-state index in [2.05, 4.69) is 16.9 Å². The second-order valence-corrected chi connectivity index (χ2v) is 3.84. The van der Waals surface area contributed by atoms with Gasteiger partial charge >= 0.3 is 0 Å². The molecule has 4 nitrogen and oxygen atoms in total. The zero-order valence-electron chi connectivity index (χ0n) is 8.32. The number of aryl methyl sites for hydroxylation is 1. The van der Waals surface area contributed by atoms with E-state index < -0.39 is 0 Å². The Morgan fingerprint density at radius 2 is 2.43 bits per heavy atom. The first-order valence-electron chi connectivity index (χ1n) is 4.72. The van der Waals surface area contributed by atoms with Gasteiger partial charge in [0.1, 0.15) is 0 Å². The Hall–Kier alpha value is -0.520. The van der Waals surface area contributed by atoms with Crippen LogP contribution in [0.2, 0.25) is 0 Å². The van der Waals surface area contributed by atoms with Crippen LogP contribution >= 0.6 is 11.8 Å². The third-order valence-corrected chi connectivity index (χ3v) is 2.54. The monoisotopic (exact) mass is 216 g/mol. The molecule has 0 unspecified atom stereocenters. The highest BCUT2D eigenvalue weighted by molar-refractivity contribution is 7.99. The van der Waals surface area contributed by atoms with Gasteiger partial charge < -0.3 is 14.8 Å². The summed E-state index contributed by atoms with van der Waals surface area (Å²) in [6.45, 7) is 3.24. The van der Waals surface area contributed by atoms with Crippen molar-refractivity contribution in [1.29, 1.82) is 0 Å². The van der Waals surface area contributed by atoms with E-state index in [0.29, 0.717) is 13.2 Å². The molecule has 0 aliphatic heterocycles. The number of nitrogens with one attached hydrogen (secondary N) is 1. The zero-order chi connectivity index (χ0) is 10.2. The van der Waals surface area contributed by atoms with Crippen LogP contribution in [0, 0.1) is 0 Å². The quantitative estimate of drug-likeness (QED) is 0.529.